The lowest BCUT2D eigenvalue weighted by Gasteiger charge is -2.24. The maximum atomic E-state index is 6.46. The maximum absolute atomic E-state index is 6.46. The van der Waals surface area contributed by atoms with Crippen LogP contribution in [0.15, 0.2) is 46.5 Å². The fraction of sp³-hybridized carbons (Fsp3) is 0.214. The number of fused-ring (bicyclic) bond motifs is 1. The highest BCUT2D eigenvalue weighted by Crippen LogP contribution is 2.25. The van der Waals surface area contributed by atoms with Crippen molar-refractivity contribution in [1.82, 2.24) is 9.38 Å². The zero-order chi connectivity index (χ0) is 13.5. The Hall–Kier alpha value is -1.17. The molecule has 0 aliphatic rings. The van der Waals surface area contributed by atoms with Gasteiger partial charge in [0.2, 0.25) is 0 Å². The molecule has 0 saturated carbocycles. The third kappa shape index (κ3) is 2.59. The molecule has 0 amide bonds. The molecule has 2 N–H and O–H groups in total. The Morgan fingerprint density at radius 3 is 3.05 bits per heavy atom. The molecular weight excluding hydrogens is 322 g/mol. The monoisotopic (exact) mass is 335 g/mol. The Bertz CT molecular complexity index is 686. The third-order valence-corrected chi connectivity index (χ3v) is 4.44. The number of halogens is 1. The minimum Gasteiger partial charge on any atom is -0.321 e. The van der Waals surface area contributed by atoms with Crippen LogP contribution < -0.4 is 5.73 Å². The second kappa shape index (κ2) is 4.74. The molecular formula is C14H14BrN3S. The molecule has 2 heterocycles. The lowest BCUT2D eigenvalue weighted by molar-refractivity contribution is 0.486. The first-order valence-electron chi connectivity index (χ1n) is 6.01. The van der Waals surface area contributed by atoms with Gasteiger partial charge in [0.05, 0.1) is 5.69 Å². The number of imidazole rings is 1. The summed E-state index contributed by atoms with van der Waals surface area (Å²) >= 11 is 5.12. The molecule has 3 rings (SSSR count). The van der Waals surface area contributed by atoms with E-state index in [1.54, 1.807) is 11.3 Å². The van der Waals surface area contributed by atoms with Gasteiger partial charge in [-0.3, -0.25) is 4.40 Å². The smallest absolute Gasteiger partial charge is 0.193 e. The molecule has 19 heavy (non-hydrogen) atoms. The first-order chi connectivity index (χ1) is 9.04. The molecule has 3 aromatic rings. The minimum absolute atomic E-state index is 0.423. The van der Waals surface area contributed by atoms with E-state index < -0.39 is 5.54 Å². The molecule has 1 atom stereocenters. The van der Waals surface area contributed by atoms with Gasteiger partial charge < -0.3 is 5.73 Å². The van der Waals surface area contributed by atoms with Crippen molar-refractivity contribution in [2.24, 2.45) is 5.73 Å². The standard InChI is InChI=1S/C14H14BrN3S/c1-14(16,10-3-2-4-11(15)7-10)8-12-9-18-5-6-19-13(18)17-12/h2-7,9H,8,16H2,1H3. The Balaban J connectivity index is 1.90. The Morgan fingerprint density at radius 1 is 1.47 bits per heavy atom. The number of hydrogen-bond donors (Lipinski definition) is 1. The Labute approximate surface area is 124 Å². The SMILES string of the molecule is CC(N)(Cc1cn2ccsc2n1)c1cccc(Br)c1. The fourth-order valence-electron chi connectivity index (χ4n) is 2.18. The van der Waals surface area contributed by atoms with E-state index >= 15 is 0 Å². The summed E-state index contributed by atoms with van der Waals surface area (Å²) < 4.78 is 3.09. The molecule has 0 radical (unpaired) electrons. The van der Waals surface area contributed by atoms with Crippen molar-refractivity contribution in [3.05, 3.63) is 57.8 Å². The highest BCUT2D eigenvalue weighted by Gasteiger charge is 2.23. The zero-order valence-corrected chi connectivity index (χ0v) is 12.9. The van der Waals surface area contributed by atoms with Crippen molar-refractivity contribution in [2.45, 2.75) is 18.9 Å². The summed E-state index contributed by atoms with van der Waals surface area (Å²) in [7, 11) is 0. The van der Waals surface area contributed by atoms with Crippen LogP contribution in [0.5, 0.6) is 0 Å². The summed E-state index contributed by atoms with van der Waals surface area (Å²) in [6.07, 6.45) is 4.79. The van der Waals surface area contributed by atoms with E-state index in [4.69, 9.17) is 5.73 Å². The van der Waals surface area contributed by atoms with Crippen LogP contribution >= 0.6 is 27.3 Å². The Kier molecular flexibility index (Phi) is 3.20. The van der Waals surface area contributed by atoms with Gasteiger partial charge in [-0.25, -0.2) is 4.98 Å². The van der Waals surface area contributed by atoms with Crippen LogP contribution in [-0.2, 0) is 12.0 Å². The van der Waals surface area contributed by atoms with Crippen molar-refractivity contribution in [3.8, 4) is 0 Å². The van der Waals surface area contributed by atoms with Crippen molar-refractivity contribution >= 4 is 32.2 Å². The van der Waals surface area contributed by atoms with E-state index in [-0.39, 0.29) is 0 Å². The van der Waals surface area contributed by atoms with Crippen molar-refractivity contribution < 1.29 is 0 Å². The molecule has 2 aromatic heterocycles. The van der Waals surface area contributed by atoms with Crippen LogP contribution in [0.25, 0.3) is 4.96 Å². The largest absolute Gasteiger partial charge is 0.321 e. The van der Waals surface area contributed by atoms with Crippen molar-refractivity contribution in [2.75, 3.05) is 0 Å². The molecule has 0 saturated heterocycles. The van der Waals surface area contributed by atoms with Crippen LogP contribution in [0.3, 0.4) is 0 Å². The summed E-state index contributed by atoms with van der Waals surface area (Å²) in [5, 5.41) is 2.03. The van der Waals surface area contributed by atoms with Gasteiger partial charge in [0.25, 0.3) is 0 Å². The first kappa shape index (κ1) is 12.8. The second-order valence-electron chi connectivity index (χ2n) is 4.93. The van der Waals surface area contributed by atoms with Gasteiger partial charge in [-0.1, -0.05) is 28.1 Å². The molecule has 3 nitrogen and oxygen atoms in total. The zero-order valence-electron chi connectivity index (χ0n) is 10.5. The van der Waals surface area contributed by atoms with Crippen molar-refractivity contribution in [3.63, 3.8) is 0 Å². The van der Waals surface area contributed by atoms with Gasteiger partial charge in [-0.15, -0.1) is 11.3 Å². The molecule has 1 aromatic carbocycles. The number of thiazole rings is 1. The third-order valence-electron chi connectivity index (χ3n) is 3.18. The highest BCUT2D eigenvalue weighted by molar-refractivity contribution is 9.10. The van der Waals surface area contributed by atoms with E-state index in [9.17, 15) is 0 Å². The molecule has 98 valence electrons. The van der Waals surface area contributed by atoms with Crippen molar-refractivity contribution in [1.29, 1.82) is 0 Å². The van der Waals surface area contributed by atoms with E-state index in [1.807, 2.05) is 35.0 Å². The van der Waals surface area contributed by atoms with Gasteiger partial charge in [-0.2, -0.15) is 0 Å². The van der Waals surface area contributed by atoms with Gasteiger partial charge >= 0.3 is 0 Å². The highest BCUT2D eigenvalue weighted by atomic mass is 79.9. The fourth-order valence-corrected chi connectivity index (χ4v) is 3.30. The summed E-state index contributed by atoms with van der Waals surface area (Å²) in [5.74, 6) is 0. The molecule has 0 bridgehead atoms. The summed E-state index contributed by atoms with van der Waals surface area (Å²) in [6, 6.07) is 8.14. The number of nitrogens with two attached hydrogens (primary N) is 1. The number of benzene rings is 1. The van der Waals surface area contributed by atoms with E-state index in [1.165, 1.54) is 0 Å². The van der Waals surface area contributed by atoms with Crippen LogP contribution in [0, 0.1) is 0 Å². The molecule has 0 spiro atoms. The molecule has 0 fully saturated rings. The van der Waals surface area contributed by atoms with E-state index in [0.717, 1.165) is 27.1 Å². The van der Waals surface area contributed by atoms with Crippen LogP contribution in [0.2, 0.25) is 0 Å². The number of nitrogens with zero attached hydrogens (tertiary/aromatic N) is 2. The summed E-state index contributed by atoms with van der Waals surface area (Å²) in [6.45, 7) is 2.04. The minimum atomic E-state index is -0.423. The summed E-state index contributed by atoms with van der Waals surface area (Å²) in [5.41, 5.74) is 8.17. The average Bonchev–Trinajstić information content (AvgIpc) is 2.89. The van der Waals surface area contributed by atoms with Gasteiger partial charge in [-0.05, 0) is 24.6 Å². The number of hydrogen-bond acceptors (Lipinski definition) is 3. The number of aromatic nitrogens is 2. The topological polar surface area (TPSA) is 43.3 Å². The van der Waals surface area contributed by atoms with Crippen LogP contribution in [0.1, 0.15) is 18.2 Å². The lowest BCUT2D eigenvalue weighted by atomic mass is 9.89. The van der Waals surface area contributed by atoms with Gasteiger partial charge in [0.1, 0.15) is 0 Å². The molecule has 5 heteroatoms. The molecule has 1 unspecified atom stereocenters. The van der Waals surface area contributed by atoms with E-state index in [0.29, 0.717) is 0 Å². The molecule has 0 aliphatic heterocycles. The average molecular weight is 336 g/mol. The quantitative estimate of drug-likeness (QED) is 0.795. The first-order valence-corrected chi connectivity index (χ1v) is 7.68. The number of rotatable bonds is 3. The van der Waals surface area contributed by atoms with Gasteiger partial charge in [0, 0.05) is 34.2 Å². The summed E-state index contributed by atoms with van der Waals surface area (Å²) in [4.78, 5) is 5.61. The van der Waals surface area contributed by atoms with Gasteiger partial charge in [0.15, 0.2) is 4.96 Å². The lowest BCUT2D eigenvalue weighted by Crippen LogP contribution is -2.35. The molecule has 0 aliphatic carbocycles. The normalized spacial score (nSPS) is 14.7. The maximum Gasteiger partial charge on any atom is 0.193 e. The second-order valence-corrected chi connectivity index (χ2v) is 6.72. The Morgan fingerprint density at radius 2 is 2.32 bits per heavy atom. The predicted molar refractivity (Wildman–Crippen MR) is 82.5 cm³/mol. The predicted octanol–water partition coefficient (Wildman–Crippen LogP) is 3.57. The van der Waals surface area contributed by atoms with Crippen LogP contribution in [0.4, 0.5) is 0 Å². The van der Waals surface area contributed by atoms with Crippen LogP contribution in [-0.4, -0.2) is 9.38 Å². The van der Waals surface area contributed by atoms with E-state index in [2.05, 4.69) is 39.2 Å².